The third kappa shape index (κ3) is 5.14. The Hall–Kier alpha value is -2.09. The zero-order valence-corrected chi connectivity index (χ0v) is 18.9. The van der Waals surface area contributed by atoms with Crippen molar-refractivity contribution in [3.63, 3.8) is 0 Å². The highest BCUT2D eigenvalue weighted by atomic mass is 35.5. The summed E-state index contributed by atoms with van der Waals surface area (Å²) in [7, 11) is -2.37. The molecular weight excluding hydrogens is 467 g/mol. The number of halogens is 3. The van der Waals surface area contributed by atoms with Gasteiger partial charge in [-0.1, -0.05) is 65.1 Å². The van der Waals surface area contributed by atoms with Gasteiger partial charge in [-0.25, -0.2) is 8.42 Å². The summed E-state index contributed by atoms with van der Waals surface area (Å²) < 4.78 is 27.2. The Bertz CT molecular complexity index is 1190. The van der Waals surface area contributed by atoms with Crippen molar-refractivity contribution in [1.29, 1.82) is 0 Å². The Labute approximate surface area is 190 Å². The molecule has 0 unspecified atom stereocenters. The molecule has 1 N–H and O–H groups in total. The lowest BCUT2D eigenvalue weighted by molar-refractivity contribution is 0.102. The van der Waals surface area contributed by atoms with E-state index in [0.717, 1.165) is 5.56 Å². The van der Waals surface area contributed by atoms with E-state index in [-0.39, 0.29) is 27.0 Å². The van der Waals surface area contributed by atoms with Crippen molar-refractivity contribution < 1.29 is 13.2 Å². The normalized spacial score (nSPS) is 11.5. The van der Waals surface area contributed by atoms with Crippen LogP contribution in [0.3, 0.4) is 0 Å². The summed E-state index contributed by atoms with van der Waals surface area (Å²) >= 11 is 18.1. The number of hydrogen-bond donors (Lipinski definition) is 1. The van der Waals surface area contributed by atoms with E-state index < -0.39 is 15.9 Å². The van der Waals surface area contributed by atoms with E-state index in [1.807, 2.05) is 30.3 Å². The van der Waals surface area contributed by atoms with E-state index in [0.29, 0.717) is 10.7 Å². The molecule has 0 fully saturated rings. The molecule has 0 radical (unpaired) electrons. The number of hydrogen-bond acceptors (Lipinski definition) is 3. The second-order valence-corrected chi connectivity index (χ2v) is 9.76. The molecule has 156 valence electrons. The molecule has 3 rings (SSSR count). The van der Waals surface area contributed by atoms with Crippen molar-refractivity contribution in [2.45, 2.75) is 11.4 Å². The minimum absolute atomic E-state index is 0.0110. The van der Waals surface area contributed by atoms with Gasteiger partial charge in [0.15, 0.2) is 0 Å². The first kappa shape index (κ1) is 22.6. The number of carbonyl (C=O) groups excluding carboxylic acids is 1. The summed E-state index contributed by atoms with van der Waals surface area (Å²) in [6.07, 6.45) is 0. The van der Waals surface area contributed by atoms with Gasteiger partial charge in [0.1, 0.15) is 0 Å². The average molecular weight is 484 g/mol. The Morgan fingerprint density at radius 2 is 1.63 bits per heavy atom. The Kier molecular flexibility index (Phi) is 7.06. The van der Waals surface area contributed by atoms with Gasteiger partial charge in [-0.05, 0) is 42.0 Å². The highest BCUT2D eigenvalue weighted by Crippen LogP contribution is 2.28. The minimum Gasteiger partial charge on any atom is -0.321 e. The van der Waals surface area contributed by atoms with E-state index in [9.17, 15) is 13.2 Å². The molecule has 30 heavy (non-hydrogen) atoms. The SMILES string of the molecule is CN(Cc1ccccc1)S(=O)(=O)c1ccc(Cl)c(C(=O)Nc2ccc(Cl)cc2Cl)c1. The van der Waals surface area contributed by atoms with Gasteiger partial charge in [-0.3, -0.25) is 4.79 Å². The van der Waals surface area contributed by atoms with Gasteiger partial charge in [0.05, 0.1) is 26.2 Å². The number of sulfonamides is 1. The minimum atomic E-state index is -3.85. The number of carbonyl (C=O) groups is 1. The van der Waals surface area contributed by atoms with Gasteiger partial charge in [0.2, 0.25) is 10.0 Å². The molecule has 0 aromatic heterocycles. The van der Waals surface area contributed by atoms with Crippen molar-refractivity contribution >= 4 is 56.4 Å². The topological polar surface area (TPSA) is 66.5 Å². The first-order valence-corrected chi connectivity index (χ1v) is 11.3. The van der Waals surface area contributed by atoms with Crippen molar-refractivity contribution in [2.75, 3.05) is 12.4 Å². The number of nitrogens with zero attached hydrogens (tertiary/aromatic N) is 1. The summed E-state index contributed by atoms with van der Waals surface area (Å²) in [5.74, 6) is -0.591. The van der Waals surface area contributed by atoms with Gasteiger partial charge in [-0.2, -0.15) is 4.31 Å². The van der Waals surface area contributed by atoms with Crippen LogP contribution in [0.15, 0.2) is 71.6 Å². The maximum atomic E-state index is 13.0. The van der Waals surface area contributed by atoms with Gasteiger partial charge < -0.3 is 5.32 Å². The lowest BCUT2D eigenvalue weighted by Crippen LogP contribution is -2.27. The second kappa shape index (κ2) is 9.37. The van der Waals surface area contributed by atoms with Crippen LogP contribution in [-0.4, -0.2) is 25.7 Å². The summed E-state index contributed by atoms with van der Waals surface area (Å²) in [5, 5.41) is 3.40. The molecule has 5 nitrogen and oxygen atoms in total. The molecule has 1 amide bonds. The van der Waals surface area contributed by atoms with Crippen LogP contribution in [0.4, 0.5) is 5.69 Å². The summed E-state index contributed by atoms with van der Waals surface area (Å²) in [4.78, 5) is 12.7. The fourth-order valence-electron chi connectivity index (χ4n) is 2.72. The van der Waals surface area contributed by atoms with Gasteiger partial charge >= 0.3 is 0 Å². The molecule has 0 atom stereocenters. The average Bonchev–Trinajstić information content (AvgIpc) is 2.71. The van der Waals surface area contributed by atoms with Crippen molar-refractivity contribution in [2.24, 2.45) is 0 Å². The van der Waals surface area contributed by atoms with Crippen LogP contribution in [0.5, 0.6) is 0 Å². The Balaban J connectivity index is 1.87. The predicted octanol–water partition coefficient (Wildman–Crippen LogP) is 5.72. The largest absolute Gasteiger partial charge is 0.321 e. The first-order valence-electron chi connectivity index (χ1n) is 8.74. The smallest absolute Gasteiger partial charge is 0.257 e. The van der Waals surface area contributed by atoms with E-state index in [1.54, 1.807) is 12.1 Å². The monoisotopic (exact) mass is 482 g/mol. The maximum absolute atomic E-state index is 13.0. The van der Waals surface area contributed by atoms with Crippen LogP contribution < -0.4 is 5.32 Å². The molecule has 0 aliphatic rings. The molecule has 9 heteroatoms. The molecule has 0 saturated heterocycles. The molecular formula is C21H17Cl3N2O3S. The van der Waals surface area contributed by atoms with E-state index in [2.05, 4.69) is 5.32 Å². The molecule has 0 spiro atoms. The number of amides is 1. The number of nitrogens with one attached hydrogen (secondary N) is 1. The van der Waals surface area contributed by atoms with Crippen LogP contribution in [0.25, 0.3) is 0 Å². The molecule has 3 aromatic rings. The fourth-order valence-corrected chi connectivity index (χ4v) is 4.57. The van der Waals surface area contributed by atoms with Gasteiger partial charge in [0.25, 0.3) is 5.91 Å². The first-order chi connectivity index (χ1) is 14.2. The van der Waals surface area contributed by atoms with Crippen LogP contribution in [-0.2, 0) is 16.6 Å². The molecule has 0 aliphatic carbocycles. The summed E-state index contributed by atoms with van der Waals surface area (Å²) in [6, 6.07) is 17.8. The zero-order chi connectivity index (χ0) is 21.9. The molecule has 0 bridgehead atoms. The van der Waals surface area contributed by atoms with E-state index >= 15 is 0 Å². The van der Waals surface area contributed by atoms with E-state index in [1.165, 1.54) is 35.6 Å². The second-order valence-electron chi connectivity index (χ2n) is 6.47. The fraction of sp³-hybridized carbons (Fsp3) is 0.0952. The number of rotatable bonds is 6. The lowest BCUT2D eigenvalue weighted by Gasteiger charge is -2.18. The maximum Gasteiger partial charge on any atom is 0.257 e. The van der Waals surface area contributed by atoms with Crippen LogP contribution >= 0.6 is 34.8 Å². The third-order valence-electron chi connectivity index (χ3n) is 4.32. The Morgan fingerprint density at radius 1 is 0.933 bits per heavy atom. The summed E-state index contributed by atoms with van der Waals surface area (Å²) in [6.45, 7) is 0.188. The Morgan fingerprint density at radius 3 is 2.30 bits per heavy atom. The predicted molar refractivity (Wildman–Crippen MR) is 121 cm³/mol. The zero-order valence-electron chi connectivity index (χ0n) is 15.8. The van der Waals surface area contributed by atoms with Crippen molar-refractivity contribution in [3.05, 3.63) is 92.9 Å². The van der Waals surface area contributed by atoms with E-state index in [4.69, 9.17) is 34.8 Å². The molecule has 3 aromatic carbocycles. The molecule has 0 heterocycles. The van der Waals surface area contributed by atoms with Crippen molar-refractivity contribution in [1.82, 2.24) is 4.31 Å². The van der Waals surface area contributed by atoms with Crippen LogP contribution in [0.1, 0.15) is 15.9 Å². The van der Waals surface area contributed by atoms with Gasteiger partial charge in [-0.15, -0.1) is 0 Å². The standard InChI is InChI=1S/C21H17Cl3N2O3S/c1-26(13-14-5-3-2-4-6-14)30(28,29)16-8-9-18(23)17(12-16)21(27)25-20-10-7-15(22)11-19(20)24/h2-12H,13H2,1H3,(H,25,27). The molecule has 0 saturated carbocycles. The van der Waals surface area contributed by atoms with Crippen LogP contribution in [0.2, 0.25) is 15.1 Å². The van der Waals surface area contributed by atoms with Crippen LogP contribution in [0, 0.1) is 0 Å². The lowest BCUT2D eigenvalue weighted by atomic mass is 10.2. The van der Waals surface area contributed by atoms with Crippen molar-refractivity contribution in [3.8, 4) is 0 Å². The highest BCUT2D eigenvalue weighted by Gasteiger charge is 2.23. The highest BCUT2D eigenvalue weighted by molar-refractivity contribution is 7.89. The third-order valence-corrected chi connectivity index (χ3v) is 6.99. The molecule has 0 aliphatic heterocycles. The van der Waals surface area contributed by atoms with Gasteiger partial charge in [0, 0.05) is 18.6 Å². The number of anilines is 1. The number of benzene rings is 3. The quantitative estimate of drug-likeness (QED) is 0.487. The summed E-state index contributed by atoms with van der Waals surface area (Å²) in [5.41, 5.74) is 1.18.